The number of hydrogen-bond donors (Lipinski definition) is 1. The minimum absolute atomic E-state index is 0.283. The van der Waals surface area contributed by atoms with Gasteiger partial charge in [0.25, 0.3) is 0 Å². The topological polar surface area (TPSA) is 26.0 Å². The lowest BCUT2D eigenvalue weighted by Gasteiger charge is -2.04. The Morgan fingerprint density at radius 2 is 2.21 bits per heavy atom. The first kappa shape index (κ1) is 11.1. The lowest BCUT2D eigenvalue weighted by molar-refractivity contribution is 0.625. The fourth-order valence-corrected chi connectivity index (χ4v) is 1.95. The van der Waals surface area contributed by atoms with Gasteiger partial charge < -0.3 is 5.73 Å². The Morgan fingerprint density at radius 1 is 1.50 bits per heavy atom. The van der Waals surface area contributed by atoms with Crippen LogP contribution in [-0.4, -0.2) is 5.75 Å². The highest BCUT2D eigenvalue weighted by atomic mass is 32.2. The van der Waals surface area contributed by atoms with Crippen molar-refractivity contribution >= 4 is 17.4 Å². The molecule has 0 unspecified atom stereocenters. The fourth-order valence-electron chi connectivity index (χ4n) is 0.955. The van der Waals surface area contributed by atoms with Crippen LogP contribution in [0.2, 0.25) is 0 Å². The van der Waals surface area contributed by atoms with Gasteiger partial charge in [-0.2, -0.15) is 0 Å². The zero-order valence-electron chi connectivity index (χ0n) is 8.22. The number of nitrogen functional groups attached to an aromatic ring is 1. The Kier molecular flexibility index (Phi) is 4.01. The van der Waals surface area contributed by atoms with Crippen LogP contribution in [-0.2, 0) is 0 Å². The lowest BCUT2D eigenvalue weighted by Crippen LogP contribution is -1.89. The number of halogens is 1. The van der Waals surface area contributed by atoms with E-state index in [1.54, 1.807) is 17.8 Å². The molecule has 1 aromatic carbocycles. The van der Waals surface area contributed by atoms with Gasteiger partial charge >= 0.3 is 0 Å². The van der Waals surface area contributed by atoms with E-state index in [0.29, 0.717) is 5.69 Å². The van der Waals surface area contributed by atoms with E-state index in [-0.39, 0.29) is 5.82 Å². The second-order valence-electron chi connectivity index (χ2n) is 3.11. The summed E-state index contributed by atoms with van der Waals surface area (Å²) < 4.78 is 12.9. The first-order chi connectivity index (χ1) is 6.61. The molecule has 0 bridgehead atoms. The molecule has 2 N–H and O–H groups in total. The first-order valence-corrected chi connectivity index (χ1v) is 5.46. The van der Waals surface area contributed by atoms with Gasteiger partial charge in [-0.1, -0.05) is 19.1 Å². The van der Waals surface area contributed by atoms with E-state index < -0.39 is 0 Å². The second kappa shape index (κ2) is 5.05. The molecule has 0 saturated heterocycles. The van der Waals surface area contributed by atoms with Gasteiger partial charge in [-0.3, -0.25) is 0 Å². The molecular weight excluding hydrogens is 197 g/mol. The average molecular weight is 211 g/mol. The zero-order valence-corrected chi connectivity index (χ0v) is 9.03. The summed E-state index contributed by atoms with van der Waals surface area (Å²) in [5.41, 5.74) is 7.14. The quantitative estimate of drug-likeness (QED) is 0.469. The molecule has 0 aliphatic carbocycles. The molecule has 1 nitrogen and oxygen atoms in total. The summed E-state index contributed by atoms with van der Waals surface area (Å²) in [6.45, 7) is 5.95. The van der Waals surface area contributed by atoms with Crippen molar-refractivity contribution in [1.82, 2.24) is 0 Å². The number of rotatable bonds is 4. The molecule has 76 valence electrons. The third-order valence-electron chi connectivity index (χ3n) is 1.84. The second-order valence-corrected chi connectivity index (χ2v) is 4.16. The molecule has 0 heterocycles. The normalized spacial score (nSPS) is 10.1. The van der Waals surface area contributed by atoms with Gasteiger partial charge in [-0.25, -0.2) is 4.39 Å². The van der Waals surface area contributed by atoms with Crippen molar-refractivity contribution in [3.05, 3.63) is 36.2 Å². The molecule has 0 saturated carbocycles. The first-order valence-electron chi connectivity index (χ1n) is 4.47. The summed E-state index contributed by atoms with van der Waals surface area (Å²) in [5.74, 6) is 0.536. The minimum atomic E-state index is -0.283. The average Bonchev–Trinajstić information content (AvgIpc) is 2.12. The van der Waals surface area contributed by atoms with Crippen molar-refractivity contribution in [2.24, 2.45) is 0 Å². The van der Waals surface area contributed by atoms with E-state index in [0.717, 1.165) is 22.6 Å². The number of thioether (sulfide) groups is 1. The van der Waals surface area contributed by atoms with Gasteiger partial charge in [0.15, 0.2) is 0 Å². The van der Waals surface area contributed by atoms with Gasteiger partial charge in [0.1, 0.15) is 5.82 Å². The summed E-state index contributed by atoms with van der Waals surface area (Å²) >= 11 is 1.56. The molecular formula is C11H14FNS. The van der Waals surface area contributed by atoms with Crippen LogP contribution in [0.1, 0.15) is 13.3 Å². The summed E-state index contributed by atoms with van der Waals surface area (Å²) in [5, 5.41) is 0. The van der Waals surface area contributed by atoms with Crippen LogP contribution >= 0.6 is 11.8 Å². The van der Waals surface area contributed by atoms with Crippen molar-refractivity contribution in [2.75, 3.05) is 11.5 Å². The van der Waals surface area contributed by atoms with Crippen LogP contribution in [0.15, 0.2) is 35.2 Å². The van der Waals surface area contributed by atoms with Crippen molar-refractivity contribution in [3.8, 4) is 0 Å². The summed E-state index contributed by atoms with van der Waals surface area (Å²) in [7, 11) is 0. The summed E-state index contributed by atoms with van der Waals surface area (Å²) in [6.07, 6.45) is 0.956. The van der Waals surface area contributed by atoms with Crippen LogP contribution in [0.5, 0.6) is 0 Å². The standard InChI is InChI=1S/C11H14FNS/c1-3-8(2)7-14-11-5-9(12)4-10(13)6-11/h4-6H,2-3,7,13H2,1H3. The molecule has 0 spiro atoms. The SMILES string of the molecule is C=C(CC)CSc1cc(N)cc(F)c1. The van der Waals surface area contributed by atoms with Crippen LogP contribution in [0.25, 0.3) is 0 Å². The molecule has 0 aliphatic rings. The van der Waals surface area contributed by atoms with E-state index >= 15 is 0 Å². The van der Waals surface area contributed by atoms with Gasteiger partial charge in [-0.15, -0.1) is 11.8 Å². The zero-order chi connectivity index (χ0) is 10.6. The Morgan fingerprint density at radius 3 is 2.79 bits per heavy atom. The molecule has 0 fully saturated rings. The summed E-state index contributed by atoms with van der Waals surface area (Å²) in [4.78, 5) is 0.858. The molecule has 0 aliphatic heterocycles. The number of anilines is 1. The van der Waals surface area contributed by atoms with E-state index in [2.05, 4.69) is 13.5 Å². The van der Waals surface area contributed by atoms with Gasteiger partial charge in [0, 0.05) is 16.3 Å². The van der Waals surface area contributed by atoms with Crippen LogP contribution in [0, 0.1) is 5.82 Å². The van der Waals surface area contributed by atoms with Crippen LogP contribution in [0.4, 0.5) is 10.1 Å². The minimum Gasteiger partial charge on any atom is -0.399 e. The Bertz CT molecular complexity index is 316. The Hall–Kier alpha value is -0.960. The summed E-state index contributed by atoms with van der Waals surface area (Å²) in [6, 6.07) is 4.58. The monoisotopic (exact) mass is 211 g/mol. The van der Waals surface area contributed by atoms with Crippen molar-refractivity contribution < 1.29 is 4.39 Å². The Labute approximate surface area is 88.2 Å². The van der Waals surface area contributed by atoms with E-state index in [1.807, 2.05) is 0 Å². The molecule has 0 aromatic heterocycles. The lowest BCUT2D eigenvalue weighted by atomic mass is 10.3. The molecule has 14 heavy (non-hydrogen) atoms. The van der Waals surface area contributed by atoms with Crippen molar-refractivity contribution in [1.29, 1.82) is 0 Å². The number of nitrogens with two attached hydrogens (primary N) is 1. The van der Waals surface area contributed by atoms with Crippen LogP contribution in [0.3, 0.4) is 0 Å². The van der Waals surface area contributed by atoms with Crippen LogP contribution < -0.4 is 5.73 Å². The smallest absolute Gasteiger partial charge is 0.126 e. The third-order valence-corrected chi connectivity index (χ3v) is 2.96. The van der Waals surface area contributed by atoms with E-state index in [1.165, 1.54) is 12.1 Å². The number of benzene rings is 1. The maximum Gasteiger partial charge on any atom is 0.126 e. The highest BCUT2D eigenvalue weighted by Crippen LogP contribution is 2.24. The van der Waals surface area contributed by atoms with Gasteiger partial charge in [0.2, 0.25) is 0 Å². The third kappa shape index (κ3) is 3.42. The largest absolute Gasteiger partial charge is 0.399 e. The maximum absolute atomic E-state index is 12.9. The fraction of sp³-hybridized carbons (Fsp3) is 0.273. The molecule has 0 radical (unpaired) electrons. The highest BCUT2D eigenvalue weighted by molar-refractivity contribution is 7.99. The molecule has 1 rings (SSSR count). The molecule has 3 heteroatoms. The van der Waals surface area contributed by atoms with Crippen molar-refractivity contribution in [2.45, 2.75) is 18.2 Å². The van der Waals surface area contributed by atoms with Gasteiger partial charge in [0.05, 0.1) is 0 Å². The van der Waals surface area contributed by atoms with Crippen molar-refractivity contribution in [3.63, 3.8) is 0 Å². The maximum atomic E-state index is 12.9. The molecule has 0 atom stereocenters. The van der Waals surface area contributed by atoms with E-state index in [9.17, 15) is 4.39 Å². The number of hydrogen-bond acceptors (Lipinski definition) is 2. The Balaban J connectivity index is 2.63. The predicted molar refractivity (Wildman–Crippen MR) is 61.0 cm³/mol. The predicted octanol–water partition coefficient (Wildman–Crippen LogP) is 3.47. The van der Waals surface area contributed by atoms with Gasteiger partial charge in [-0.05, 0) is 24.6 Å². The molecule has 0 amide bonds. The highest BCUT2D eigenvalue weighted by Gasteiger charge is 2.00. The van der Waals surface area contributed by atoms with E-state index in [4.69, 9.17) is 5.73 Å². The molecule has 1 aromatic rings.